The second-order valence-electron chi connectivity index (χ2n) is 6.83. The molecule has 0 radical (unpaired) electrons. The summed E-state index contributed by atoms with van der Waals surface area (Å²) in [6, 6.07) is 2.13. The molecule has 2 atom stereocenters. The van der Waals surface area contributed by atoms with Gasteiger partial charge in [-0.05, 0) is 53.7 Å². The summed E-state index contributed by atoms with van der Waals surface area (Å²) in [4.78, 5) is 4.73. The van der Waals surface area contributed by atoms with Crippen molar-refractivity contribution in [3.05, 3.63) is 34.2 Å². The SMILES string of the molecule is CC(C)c1cc(Br)c2nc([C@H](C)CC(C)(C)S(N)=O)cn2c1. The summed E-state index contributed by atoms with van der Waals surface area (Å²) in [6.45, 7) is 10.3. The zero-order chi connectivity index (χ0) is 16.7. The summed E-state index contributed by atoms with van der Waals surface area (Å²) in [5, 5.41) is 5.59. The fraction of sp³-hybridized carbons (Fsp3) is 0.562. The standard InChI is InChI=1S/C16H24BrN3OS/c1-10(2)12-6-13(17)15-19-14(9-20(15)8-12)11(3)7-16(4,5)22(18)21/h6,8-11H,7,18H2,1-5H3/t11-,22?/m1/s1. The summed E-state index contributed by atoms with van der Waals surface area (Å²) in [5.74, 6) is 0.652. The molecule has 2 rings (SSSR count). The predicted molar refractivity (Wildman–Crippen MR) is 96.4 cm³/mol. The van der Waals surface area contributed by atoms with Crippen molar-refractivity contribution in [2.75, 3.05) is 0 Å². The number of nitrogens with zero attached hydrogens (tertiary/aromatic N) is 2. The van der Waals surface area contributed by atoms with Gasteiger partial charge in [-0.3, -0.25) is 5.14 Å². The van der Waals surface area contributed by atoms with Crippen LogP contribution in [0.15, 0.2) is 22.9 Å². The van der Waals surface area contributed by atoms with Gasteiger partial charge in [-0.15, -0.1) is 0 Å². The number of hydrogen-bond donors (Lipinski definition) is 1. The van der Waals surface area contributed by atoms with E-state index in [0.717, 1.165) is 22.2 Å². The maximum absolute atomic E-state index is 11.6. The number of hydrogen-bond acceptors (Lipinski definition) is 2. The molecule has 2 heterocycles. The highest BCUT2D eigenvalue weighted by Gasteiger charge is 2.27. The molecule has 0 amide bonds. The van der Waals surface area contributed by atoms with Crippen LogP contribution in [-0.2, 0) is 11.0 Å². The van der Waals surface area contributed by atoms with Crippen LogP contribution in [0.25, 0.3) is 5.65 Å². The van der Waals surface area contributed by atoms with Crippen LogP contribution in [0.4, 0.5) is 0 Å². The third-order valence-corrected chi connectivity index (χ3v) is 5.90. The van der Waals surface area contributed by atoms with E-state index in [1.807, 2.05) is 13.8 Å². The minimum atomic E-state index is -1.35. The van der Waals surface area contributed by atoms with Gasteiger partial charge in [0.25, 0.3) is 0 Å². The van der Waals surface area contributed by atoms with Gasteiger partial charge in [0.05, 0.1) is 25.9 Å². The number of nitrogens with two attached hydrogens (primary N) is 1. The first-order chi connectivity index (χ1) is 10.1. The molecule has 0 aliphatic rings. The number of pyridine rings is 1. The van der Waals surface area contributed by atoms with Crippen LogP contribution < -0.4 is 5.14 Å². The lowest BCUT2D eigenvalue weighted by molar-refractivity contribution is 0.535. The quantitative estimate of drug-likeness (QED) is 0.841. The van der Waals surface area contributed by atoms with E-state index in [4.69, 9.17) is 10.1 Å². The fourth-order valence-electron chi connectivity index (χ4n) is 2.57. The molecule has 2 aromatic heterocycles. The first kappa shape index (κ1) is 17.6. The Labute approximate surface area is 143 Å². The van der Waals surface area contributed by atoms with E-state index < -0.39 is 15.7 Å². The van der Waals surface area contributed by atoms with Crippen LogP contribution >= 0.6 is 15.9 Å². The van der Waals surface area contributed by atoms with Crippen LogP contribution in [0, 0.1) is 0 Å². The third kappa shape index (κ3) is 3.60. The Bertz CT molecular complexity index is 709. The zero-order valence-electron chi connectivity index (χ0n) is 13.8. The molecule has 1 unspecified atom stereocenters. The van der Waals surface area contributed by atoms with Crippen molar-refractivity contribution in [2.45, 2.75) is 57.6 Å². The fourth-order valence-corrected chi connectivity index (χ4v) is 3.55. The zero-order valence-corrected chi connectivity index (χ0v) is 16.2. The highest BCUT2D eigenvalue weighted by atomic mass is 79.9. The minimum Gasteiger partial charge on any atom is -0.306 e. The Morgan fingerprint density at radius 1 is 1.36 bits per heavy atom. The van der Waals surface area contributed by atoms with Gasteiger partial charge in [0.1, 0.15) is 0 Å². The van der Waals surface area contributed by atoms with E-state index in [9.17, 15) is 4.21 Å². The molecule has 122 valence electrons. The molecule has 6 heteroatoms. The Morgan fingerprint density at radius 2 is 2.00 bits per heavy atom. The predicted octanol–water partition coefficient (Wildman–Crippen LogP) is 4.11. The molecule has 0 saturated heterocycles. The maximum atomic E-state index is 11.6. The van der Waals surface area contributed by atoms with Crippen molar-refractivity contribution < 1.29 is 4.21 Å². The summed E-state index contributed by atoms with van der Waals surface area (Å²) in [7, 11) is -1.35. The molecule has 0 saturated carbocycles. The molecule has 0 spiro atoms. The monoisotopic (exact) mass is 385 g/mol. The summed E-state index contributed by atoms with van der Waals surface area (Å²) in [6.07, 6.45) is 4.92. The van der Waals surface area contributed by atoms with Crippen molar-refractivity contribution in [3.63, 3.8) is 0 Å². The maximum Gasteiger partial charge on any atom is 0.151 e. The Hall–Kier alpha value is -0.720. The van der Waals surface area contributed by atoms with Gasteiger partial charge in [-0.25, -0.2) is 9.19 Å². The van der Waals surface area contributed by atoms with Crippen LogP contribution in [0.5, 0.6) is 0 Å². The van der Waals surface area contributed by atoms with E-state index in [1.54, 1.807) is 0 Å². The molecule has 4 nitrogen and oxygen atoms in total. The molecular weight excluding hydrogens is 362 g/mol. The van der Waals surface area contributed by atoms with Crippen molar-refractivity contribution in [2.24, 2.45) is 5.14 Å². The van der Waals surface area contributed by atoms with Crippen LogP contribution in [0.1, 0.15) is 64.1 Å². The van der Waals surface area contributed by atoms with Crippen molar-refractivity contribution in [3.8, 4) is 0 Å². The van der Waals surface area contributed by atoms with Gasteiger partial charge < -0.3 is 4.40 Å². The van der Waals surface area contributed by atoms with Crippen molar-refractivity contribution in [1.82, 2.24) is 9.38 Å². The molecule has 0 aliphatic heterocycles. The average molecular weight is 386 g/mol. The van der Waals surface area contributed by atoms with Crippen molar-refractivity contribution in [1.29, 1.82) is 0 Å². The van der Waals surface area contributed by atoms with Crippen LogP contribution in [0.2, 0.25) is 0 Å². The van der Waals surface area contributed by atoms with E-state index >= 15 is 0 Å². The summed E-state index contributed by atoms with van der Waals surface area (Å²) in [5.41, 5.74) is 3.18. The van der Waals surface area contributed by atoms with Crippen LogP contribution in [0.3, 0.4) is 0 Å². The van der Waals surface area contributed by atoms with Crippen molar-refractivity contribution >= 4 is 32.6 Å². The molecule has 0 bridgehead atoms. The molecule has 0 aliphatic carbocycles. The number of aromatic nitrogens is 2. The largest absolute Gasteiger partial charge is 0.306 e. The summed E-state index contributed by atoms with van der Waals surface area (Å²) < 4.78 is 14.3. The normalized spacial score (nSPS) is 15.5. The van der Waals surface area contributed by atoms with E-state index in [1.165, 1.54) is 5.56 Å². The molecule has 2 aromatic rings. The lowest BCUT2D eigenvalue weighted by Gasteiger charge is -2.24. The number of fused-ring (bicyclic) bond motifs is 1. The van der Waals surface area contributed by atoms with E-state index in [2.05, 4.69) is 59.6 Å². The molecule has 0 aromatic carbocycles. The first-order valence-electron chi connectivity index (χ1n) is 7.46. The highest BCUT2D eigenvalue weighted by Crippen LogP contribution is 2.30. The lowest BCUT2D eigenvalue weighted by atomic mass is 9.96. The van der Waals surface area contributed by atoms with E-state index in [0.29, 0.717) is 5.92 Å². The number of halogens is 1. The van der Waals surface area contributed by atoms with Gasteiger partial charge in [-0.1, -0.05) is 20.8 Å². The topological polar surface area (TPSA) is 60.4 Å². The van der Waals surface area contributed by atoms with E-state index in [-0.39, 0.29) is 5.92 Å². The Kier molecular flexibility index (Phi) is 5.14. The van der Waals surface area contributed by atoms with Gasteiger partial charge in [-0.2, -0.15) is 0 Å². The highest BCUT2D eigenvalue weighted by molar-refractivity contribution is 9.10. The molecule has 0 fully saturated rings. The first-order valence-corrected chi connectivity index (χ1v) is 9.46. The number of imidazole rings is 1. The van der Waals surface area contributed by atoms with Gasteiger partial charge in [0.2, 0.25) is 0 Å². The van der Waals surface area contributed by atoms with Gasteiger partial charge in [0.15, 0.2) is 5.65 Å². The van der Waals surface area contributed by atoms with Gasteiger partial charge >= 0.3 is 0 Å². The lowest BCUT2D eigenvalue weighted by Crippen LogP contribution is -2.33. The minimum absolute atomic E-state index is 0.191. The summed E-state index contributed by atoms with van der Waals surface area (Å²) >= 11 is 3.61. The molecule has 22 heavy (non-hydrogen) atoms. The smallest absolute Gasteiger partial charge is 0.151 e. The third-order valence-electron chi connectivity index (χ3n) is 4.06. The Balaban J connectivity index is 2.37. The molecule has 2 N–H and O–H groups in total. The second-order valence-corrected chi connectivity index (χ2v) is 9.39. The molecular formula is C16H24BrN3OS. The second kappa shape index (κ2) is 6.42. The van der Waals surface area contributed by atoms with Gasteiger partial charge in [0, 0.05) is 18.3 Å². The average Bonchev–Trinajstić information content (AvgIpc) is 2.82. The Morgan fingerprint density at radius 3 is 2.55 bits per heavy atom. The number of rotatable bonds is 5. The van der Waals surface area contributed by atoms with Crippen LogP contribution in [-0.4, -0.2) is 18.3 Å².